The number of carboxylic acid groups (broad SMARTS) is 1. The van der Waals surface area contributed by atoms with Crippen LogP contribution in [0.3, 0.4) is 0 Å². The SMILES string of the molecule is CC(C)C.CC1(C)Cc2c3c(cc(-c4ccoc4)c2O1)-c1cc(=O)c(C(=O)O)cn1CC3. The molecular weight excluding hydrogens is 406 g/mol. The average molecular weight is 436 g/mol. The number of benzene rings is 1. The van der Waals surface area contributed by atoms with Crippen molar-refractivity contribution in [3.05, 3.63) is 63.8 Å². The molecule has 0 amide bonds. The van der Waals surface area contributed by atoms with Gasteiger partial charge in [-0.1, -0.05) is 20.8 Å². The van der Waals surface area contributed by atoms with Gasteiger partial charge >= 0.3 is 5.97 Å². The van der Waals surface area contributed by atoms with E-state index < -0.39 is 11.4 Å². The number of pyridine rings is 1. The van der Waals surface area contributed by atoms with E-state index in [4.69, 9.17) is 9.15 Å². The van der Waals surface area contributed by atoms with Crippen LogP contribution in [0.15, 0.2) is 46.1 Å². The van der Waals surface area contributed by atoms with E-state index in [0.717, 1.165) is 46.9 Å². The lowest BCUT2D eigenvalue weighted by Gasteiger charge is -2.25. The van der Waals surface area contributed by atoms with Crippen LogP contribution >= 0.6 is 0 Å². The number of aromatic nitrogens is 1. The lowest BCUT2D eigenvalue weighted by atomic mass is 9.86. The Labute approximate surface area is 187 Å². The molecule has 0 saturated carbocycles. The fourth-order valence-corrected chi connectivity index (χ4v) is 4.33. The normalized spacial score (nSPS) is 15.2. The Hall–Kier alpha value is -3.28. The lowest BCUT2D eigenvalue weighted by molar-refractivity contribution is 0.0694. The molecule has 6 heteroatoms. The van der Waals surface area contributed by atoms with E-state index in [2.05, 4.69) is 34.6 Å². The van der Waals surface area contributed by atoms with Gasteiger partial charge in [-0.05, 0) is 43.9 Å². The summed E-state index contributed by atoms with van der Waals surface area (Å²) in [6.45, 7) is 11.3. The Morgan fingerprint density at radius 3 is 2.50 bits per heavy atom. The first kappa shape index (κ1) is 21.9. The molecule has 0 unspecified atom stereocenters. The molecule has 2 aliphatic rings. The number of hydrogen-bond acceptors (Lipinski definition) is 4. The standard InChI is InChI=1S/C22H19NO5.C4H10/c1-22(2)9-16-13-3-5-23-10-17(21(25)26)19(24)8-18(23)15(13)7-14(20(16)28-22)12-4-6-27-11-12;1-4(2)3/h4,6-8,10-11H,3,5,9H2,1-2H3,(H,25,26);4H,1-3H3. The van der Waals surface area contributed by atoms with Crippen molar-refractivity contribution in [3.63, 3.8) is 0 Å². The first-order chi connectivity index (χ1) is 15.1. The third-order valence-electron chi connectivity index (χ3n) is 5.55. The van der Waals surface area contributed by atoms with Gasteiger partial charge in [0.05, 0.1) is 18.2 Å². The Bertz CT molecular complexity index is 1230. The van der Waals surface area contributed by atoms with Crippen LogP contribution < -0.4 is 10.2 Å². The number of hydrogen-bond donors (Lipinski definition) is 1. The van der Waals surface area contributed by atoms with E-state index in [0.29, 0.717) is 6.54 Å². The summed E-state index contributed by atoms with van der Waals surface area (Å²) < 4.78 is 13.4. The molecule has 0 saturated heterocycles. The van der Waals surface area contributed by atoms with Crippen molar-refractivity contribution in [2.45, 2.75) is 59.6 Å². The maximum atomic E-state index is 12.4. The highest BCUT2D eigenvalue weighted by Crippen LogP contribution is 2.48. The van der Waals surface area contributed by atoms with Gasteiger partial charge in [0, 0.05) is 47.5 Å². The molecule has 1 N–H and O–H groups in total. The molecular formula is C26H29NO5. The summed E-state index contributed by atoms with van der Waals surface area (Å²) in [4.78, 5) is 23.7. The minimum absolute atomic E-state index is 0.201. The summed E-state index contributed by atoms with van der Waals surface area (Å²) in [6, 6.07) is 5.36. The molecule has 0 atom stereocenters. The number of nitrogens with zero attached hydrogens (tertiary/aromatic N) is 1. The third-order valence-corrected chi connectivity index (χ3v) is 5.55. The van der Waals surface area contributed by atoms with E-state index in [1.807, 2.05) is 16.7 Å². The number of carbonyl (C=O) groups is 1. The summed E-state index contributed by atoms with van der Waals surface area (Å²) >= 11 is 0. The molecule has 168 valence electrons. The minimum atomic E-state index is -1.20. The van der Waals surface area contributed by atoms with Gasteiger partial charge in [-0.2, -0.15) is 0 Å². The third kappa shape index (κ3) is 3.97. The molecule has 0 radical (unpaired) electrons. The number of fused-ring (bicyclic) bond motifs is 5. The molecule has 2 aromatic heterocycles. The summed E-state index contributed by atoms with van der Waals surface area (Å²) in [5, 5.41) is 9.28. The van der Waals surface area contributed by atoms with Crippen LogP contribution in [0.2, 0.25) is 0 Å². The molecule has 1 aromatic carbocycles. The highest BCUT2D eigenvalue weighted by Gasteiger charge is 2.36. The fourth-order valence-electron chi connectivity index (χ4n) is 4.33. The molecule has 32 heavy (non-hydrogen) atoms. The molecule has 2 aliphatic heterocycles. The summed E-state index contributed by atoms with van der Waals surface area (Å²) in [6.07, 6.45) is 6.30. The molecule has 0 aliphatic carbocycles. The number of aromatic carboxylic acids is 1. The highest BCUT2D eigenvalue weighted by molar-refractivity contribution is 5.88. The van der Waals surface area contributed by atoms with Gasteiger partial charge in [0.1, 0.15) is 16.9 Å². The smallest absolute Gasteiger partial charge is 0.341 e. The quantitative estimate of drug-likeness (QED) is 0.582. The van der Waals surface area contributed by atoms with Crippen molar-refractivity contribution in [2.24, 2.45) is 5.92 Å². The van der Waals surface area contributed by atoms with Crippen LogP contribution in [0.4, 0.5) is 0 Å². The number of ether oxygens (including phenoxy) is 1. The maximum Gasteiger partial charge on any atom is 0.341 e. The average Bonchev–Trinajstić information content (AvgIpc) is 3.33. The van der Waals surface area contributed by atoms with Gasteiger partial charge in [-0.15, -0.1) is 0 Å². The highest BCUT2D eigenvalue weighted by atomic mass is 16.5. The first-order valence-electron chi connectivity index (χ1n) is 11.0. The van der Waals surface area contributed by atoms with E-state index in [1.54, 1.807) is 12.5 Å². The van der Waals surface area contributed by atoms with Gasteiger partial charge in [0.15, 0.2) is 5.43 Å². The molecule has 5 rings (SSSR count). The van der Waals surface area contributed by atoms with Crippen molar-refractivity contribution in [1.29, 1.82) is 0 Å². The van der Waals surface area contributed by atoms with Crippen LogP contribution in [0.1, 0.15) is 56.1 Å². The molecule has 0 fully saturated rings. The lowest BCUT2D eigenvalue weighted by Crippen LogP contribution is -2.25. The first-order valence-corrected chi connectivity index (χ1v) is 11.0. The van der Waals surface area contributed by atoms with Crippen LogP contribution in [0.25, 0.3) is 22.4 Å². The van der Waals surface area contributed by atoms with E-state index >= 15 is 0 Å². The van der Waals surface area contributed by atoms with Crippen LogP contribution in [0, 0.1) is 5.92 Å². The number of rotatable bonds is 2. The predicted octanol–water partition coefficient (Wildman–Crippen LogP) is 5.41. The second-order valence-corrected chi connectivity index (χ2v) is 9.73. The van der Waals surface area contributed by atoms with Crippen molar-refractivity contribution < 1.29 is 19.1 Å². The van der Waals surface area contributed by atoms with E-state index in [-0.39, 0.29) is 11.2 Å². The summed E-state index contributed by atoms with van der Waals surface area (Å²) in [5.74, 6) is 0.511. The van der Waals surface area contributed by atoms with Crippen molar-refractivity contribution >= 4 is 5.97 Å². The largest absolute Gasteiger partial charge is 0.487 e. The van der Waals surface area contributed by atoms with Crippen LogP contribution in [0.5, 0.6) is 5.75 Å². The predicted molar refractivity (Wildman–Crippen MR) is 123 cm³/mol. The Morgan fingerprint density at radius 1 is 1.16 bits per heavy atom. The van der Waals surface area contributed by atoms with Gasteiger partial charge in [-0.25, -0.2) is 4.79 Å². The maximum absolute atomic E-state index is 12.4. The van der Waals surface area contributed by atoms with Gasteiger partial charge < -0.3 is 18.8 Å². The number of carboxylic acids is 1. The zero-order valence-corrected chi connectivity index (χ0v) is 19.2. The van der Waals surface area contributed by atoms with Gasteiger partial charge in [0.2, 0.25) is 0 Å². The minimum Gasteiger partial charge on any atom is -0.487 e. The molecule has 4 heterocycles. The second kappa shape index (κ2) is 8.01. The van der Waals surface area contributed by atoms with Crippen molar-refractivity contribution in [2.75, 3.05) is 0 Å². The fraction of sp³-hybridized carbons (Fsp3) is 0.385. The molecule has 0 spiro atoms. The van der Waals surface area contributed by atoms with Crippen LogP contribution in [-0.2, 0) is 19.4 Å². The summed E-state index contributed by atoms with van der Waals surface area (Å²) in [5.41, 5.74) is 4.90. The number of furan rings is 1. The molecule has 3 aromatic rings. The van der Waals surface area contributed by atoms with Gasteiger partial charge in [0.25, 0.3) is 0 Å². The van der Waals surface area contributed by atoms with E-state index in [1.165, 1.54) is 23.4 Å². The van der Waals surface area contributed by atoms with Gasteiger partial charge in [-0.3, -0.25) is 4.79 Å². The Balaban J connectivity index is 0.000000567. The summed E-state index contributed by atoms with van der Waals surface area (Å²) in [7, 11) is 0. The Morgan fingerprint density at radius 2 is 1.88 bits per heavy atom. The zero-order valence-electron chi connectivity index (χ0n) is 19.2. The van der Waals surface area contributed by atoms with Crippen molar-refractivity contribution in [1.82, 2.24) is 4.57 Å². The zero-order chi connectivity index (χ0) is 23.2. The Kier molecular flexibility index (Phi) is 5.49. The second-order valence-electron chi connectivity index (χ2n) is 9.73. The monoisotopic (exact) mass is 435 g/mol. The van der Waals surface area contributed by atoms with E-state index in [9.17, 15) is 14.7 Å². The van der Waals surface area contributed by atoms with Crippen LogP contribution in [-0.4, -0.2) is 21.2 Å². The molecule has 6 nitrogen and oxygen atoms in total. The topological polar surface area (TPSA) is 81.7 Å². The van der Waals surface area contributed by atoms with Crippen molar-refractivity contribution in [3.8, 4) is 28.1 Å². The molecule has 0 bridgehead atoms. The number of aryl methyl sites for hydroxylation is 1.